The molecule has 29 heavy (non-hydrogen) atoms. The first-order chi connectivity index (χ1) is 13.9. The summed E-state index contributed by atoms with van der Waals surface area (Å²) >= 11 is 0. The van der Waals surface area contributed by atoms with E-state index in [0.717, 1.165) is 17.7 Å². The molecule has 0 aromatic heterocycles. The Kier molecular flexibility index (Phi) is 5.46. The van der Waals surface area contributed by atoms with Crippen molar-refractivity contribution >= 4 is 16.1 Å². The minimum atomic E-state index is -3.84. The Morgan fingerprint density at radius 2 is 1.59 bits per heavy atom. The van der Waals surface area contributed by atoms with Crippen molar-refractivity contribution in [3.63, 3.8) is 0 Å². The maximum Gasteiger partial charge on any atom is 0.303 e. The quantitative estimate of drug-likeness (QED) is 0.788. The number of hydrogen-bond acceptors (Lipinski definition) is 4. The van der Waals surface area contributed by atoms with E-state index in [-0.39, 0.29) is 0 Å². The Bertz CT molecular complexity index is 979. The summed E-state index contributed by atoms with van der Waals surface area (Å²) in [5.74, 6) is -0.404. The van der Waals surface area contributed by atoms with Gasteiger partial charge in [0.2, 0.25) is 5.91 Å². The molecule has 154 valence electrons. The molecule has 1 saturated carbocycles. The number of piperazine rings is 1. The van der Waals surface area contributed by atoms with Gasteiger partial charge in [-0.3, -0.25) is 9.69 Å². The maximum absolute atomic E-state index is 12.9. The van der Waals surface area contributed by atoms with Gasteiger partial charge in [-0.15, -0.1) is 0 Å². The van der Waals surface area contributed by atoms with Gasteiger partial charge in [-0.05, 0) is 36.5 Å². The zero-order valence-corrected chi connectivity index (χ0v) is 17.5. The van der Waals surface area contributed by atoms with E-state index in [9.17, 15) is 13.2 Å². The normalized spacial score (nSPS) is 19.6. The summed E-state index contributed by atoms with van der Waals surface area (Å²) < 4.78 is 29.4. The zero-order valence-electron chi connectivity index (χ0n) is 16.7. The van der Waals surface area contributed by atoms with Gasteiger partial charge in [0.05, 0.1) is 5.41 Å². The predicted molar refractivity (Wildman–Crippen MR) is 112 cm³/mol. The first kappa shape index (κ1) is 20.1. The van der Waals surface area contributed by atoms with Gasteiger partial charge in [0.25, 0.3) is 0 Å². The average Bonchev–Trinajstić information content (AvgIpc) is 3.51. The zero-order chi connectivity index (χ0) is 20.5. The summed E-state index contributed by atoms with van der Waals surface area (Å²) in [6.45, 7) is 4.82. The Hall–Kier alpha value is -2.22. The second-order valence-corrected chi connectivity index (χ2v) is 9.66. The van der Waals surface area contributed by atoms with Gasteiger partial charge in [0.15, 0.2) is 0 Å². The molecule has 6 nitrogen and oxygen atoms in total. The molecule has 2 aromatic rings. The second-order valence-electron chi connectivity index (χ2n) is 7.99. The van der Waals surface area contributed by atoms with Crippen LogP contribution in [0.4, 0.5) is 0 Å². The molecule has 0 unspecified atom stereocenters. The van der Waals surface area contributed by atoms with E-state index in [1.54, 1.807) is 0 Å². The first-order valence-corrected chi connectivity index (χ1v) is 11.5. The summed E-state index contributed by atoms with van der Waals surface area (Å²) in [4.78, 5) is 15.2. The number of nitrogens with one attached hydrogen (secondary N) is 1. The number of amides is 1. The Labute approximate surface area is 172 Å². The van der Waals surface area contributed by atoms with E-state index in [2.05, 4.69) is 21.8 Å². The van der Waals surface area contributed by atoms with Gasteiger partial charge in [-0.2, -0.15) is 12.7 Å². The first-order valence-electron chi connectivity index (χ1n) is 10.1. The second kappa shape index (κ2) is 7.89. The highest BCUT2D eigenvalue weighted by atomic mass is 32.2. The van der Waals surface area contributed by atoms with Crippen LogP contribution in [0.1, 0.15) is 29.5 Å². The lowest BCUT2D eigenvalue weighted by Gasteiger charge is -2.34. The van der Waals surface area contributed by atoms with Crippen molar-refractivity contribution in [3.05, 3.63) is 71.3 Å². The largest absolute Gasteiger partial charge is 0.303 e. The number of nitrogens with zero attached hydrogens (tertiary/aromatic N) is 2. The van der Waals surface area contributed by atoms with E-state index in [4.69, 9.17) is 0 Å². The van der Waals surface area contributed by atoms with Crippen molar-refractivity contribution in [2.75, 3.05) is 26.2 Å². The highest BCUT2D eigenvalue weighted by Gasteiger charge is 2.53. The molecule has 0 radical (unpaired) electrons. The number of aryl methyl sites for hydroxylation is 1. The molecule has 1 amide bonds. The average molecular weight is 414 g/mol. The predicted octanol–water partition coefficient (Wildman–Crippen LogP) is 2.21. The van der Waals surface area contributed by atoms with Crippen molar-refractivity contribution in [3.8, 4) is 0 Å². The number of benzene rings is 2. The fourth-order valence-electron chi connectivity index (χ4n) is 4.10. The molecule has 1 N–H and O–H groups in total. The lowest BCUT2D eigenvalue weighted by molar-refractivity contribution is -0.121. The molecule has 1 heterocycles. The molecule has 2 aliphatic rings. The van der Waals surface area contributed by atoms with Gasteiger partial charge < -0.3 is 0 Å². The van der Waals surface area contributed by atoms with Crippen molar-refractivity contribution in [2.45, 2.75) is 31.7 Å². The number of carbonyl (C=O) groups excluding carboxylic acids is 1. The molecular weight excluding hydrogens is 386 g/mol. The topological polar surface area (TPSA) is 69.7 Å². The van der Waals surface area contributed by atoms with Crippen LogP contribution in [-0.2, 0) is 27.0 Å². The van der Waals surface area contributed by atoms with Crippen LogP contribution in [0.2, 0.25) is 0 Å². The van der Waals surface area contributed by atoms with Crippen LogP contribution in [0.3, 0.4) is 0 Å². The molecule has 1 saturated heterocycles. The van der Waals surface area contributed by atoms with E-state index in [1.807, 2.05) is 49.4 Å². The summed E-state index contributed by atoms with van der Waals surface area (Å²) in [5, 5.41) is 0. The van der Waals surface area contributed by atoms with Crippen LogP contribution in [0.5, 0.6) is 0 Å². The molecule has 2 aromatic carbocycles. The van der Waals surface area contributed by atoms with Crippen LogP contribution in [0.15, 0.2) is 54.6 Å². The van der Waals surface area contributed by atoms with Crippen LogP contribution in [-0.4, -0.2) is 49.7 Å². The maximum atomic E-state index is 12.9. The summed E-state index contributed by atoms with van der Waals surface area (Å²) in [6, 6.07) is 17.9. The highest BCUT2D eigenvalue weighted by molar-refractivity contribution is 7.87. The third kappa shape index (κ3) is 4.22. The van der Waals surface area contributed by atoms with Crippen LogP contribution < -0.4 is 4.72 Å². The molecular formula is C22H27N3O3S. The van der Waals surface area contributed by atoms with E-state index < -0.39 is 21.5 Å². The Morgan fingerprint density at radius 3 is 2.21 bits per heavy atom. The molecule has 7 heteroatoms. The van der Waals surface area contributed by atoms with Gasteiger partial charge in [-0.25, -0.2) is 4.72 Å². The van der Waals surface area contributed by atoms with Gasteiger partial charge in [0.1, 0.15) is 0 Å². The van der Waals surface area contributed by atoms with Gasteiger partial charge >= 0.3 is 10.2 Å². The van der Waals surface area contributed by atoms with Crippen molar-refractivity contribution in [1.82, 2.24) is 13.9 Å². The Balaban J connectivity index is 1.37. The lowest BCUT2D eigenvalue weighted by atomic mass is 9.91. The smallest absolute Gasteiger partial charge is 0.296 e. The van der Waals surface area contributed by atoms with Gasteiger partial charge in [-0.1, -0.05) is 54.6 Å². The molecule has 0 bridgehead atoms. The number of hydrogen-bond donors (Lipinski definition) is 1. The van der Waals surface area contributed by atoms with Crippen molar-refractivity contribution in [1.29, 1.82) is 0 Å². The minimum absolute atomic E-state index is 0.382. The lowest BCUT2D eigenvalue weighted by Crippen LogP contribution is -2.54. The van der Waals surface area contributed by atoms with Crippen LogP contribution in [0, 0.1) is 6.92 Å². The minimum Gasteiger partial charge on any atom is -0.296 e. The van der Waals surface area contributed by atoms with Gasteiger partial charge in [0, 0.05) is 32.7 Å². The monoisotopic (exact) mass is 413 g/mol. The van der Waals surface area contributed by atoms with E-state index >= 15 is 0 Å². The van der Waals surface area contributed by atoms with Crippen molar-refractivity contribution < 1.29 is 13.2 Å². The van der Waals surface area contributed by atoms with Crippen LogP contribution in [0.25, 0.3) is 0 Å². The Morgan fingerprint density at radius 1 is 0.966 bits per heavy atom. The molecule has 4 rings (SSSR count). The summed E-state index contributed by atoms with van der Waals surface area (Å²) in [7, 11) is -3.84. The third-order valence-corrected chi connectivity index (χ3v) is 7.48. The summed E-state index contributed by atoms with van der Waals surface area (Å²) in [6.07, 6.45) is 1.37. The fourth-order valence-corrected chi connectivity index (χ4v) is 5.31. The number of rotatable bonds is 6. The number of carbonyl (C=O) groups is 1. The van der Waals surface area contributed by atoms with E-state index in [0.29, 0.717) is 39.0 Å². The third-order valence-electron chi connectivity index (χ3n) is 5.99. The molecule has 0 atom stereocenters. The summed E-state index contributed by atoms with van der Waals surface area (Å²) in [5.41, 5.74) is 2.46. The molecule has 1 aliphatic heterocycles. The SMILES string of the molecule is Cc1ccccc1C1(C(=O)NS(=O)(=O)N2CCN(Cc3ccccc3)CC2)CC1. The van der Waals surface area contributed by atoms with Crippen LogP contribution >= 0.6 is 0 Å². The fraction of sp³-hybridized carbons (Fsp3) is 0.409. The van der Waals surface area contributed by atoms with Crippen molar-refractivity contribution in [2.24, 2.45) is 0 Å². The molecule has 0 spiro atoms. The molecule has 2 fully saturated rings. The standard InChI is InChI=1S/C22H27N3O3S/c1-18-7-5-6-10-20(18)22(11-12-22)21(26)23-29(27,28)25-15-13-24(14-16-25)17-19-8-3-2-4-9-19/h2-10H,11-17H2,1H3,(H,23,26). The molecule has 1 aliphatic carbocycles. The van der Waals surface area contributed by atoms with E-state index in [1.165, 1.54) is 9.87 Å². The highest BCUT2D eigenvalue weighted by Crippen LogP contribution is 2.49.